The number of likely N-dealkylation sites (N-methyl/N-ethyl adjacent to an activating group) is 4. The lowest BCUT2D eigenvalue weighted by Crippen LogP contribution is -2.53. The van der Waals surface area contributed by atoms with Gasteiger partial charge in [-0.1, -0.05) is 188 Å². The second-order valence-electron chi connectivity index (χ2n) is 37.6. The molecule has 0 aliphatic heterocycles. The van der Waals surface area contributed by atoms with Crippen LogP contribution in [0.15, 0.2) is 121 Å². The molecule has 4 aromatic carbocycles. The van der Waals surface area contributed by atoms with E-state index < -0.39 is 0 Å². The van der Waals surface area contributed by atoms with Gasteiger partial charge in [0.15, 0.2) is 20.5 Å². The van der Waals surface area contributed by atoms with Crippen molar-refractivity contribution >= 4 is 91.4 Å². The number of carbonyl (C=O) groups excluding carboxylic acids is 8. The monoisotopic (exact) mass is 1930 g/mol. The predicted octanol–water partition coefficient (Wildman–Crippen LogP) is 22.6. The van der Waals surface area contributed by atoms with Crippen LogP contribution in [-0.2, 0) is 38.1 Å². The summed E-state index contributed by atoms with van der Waals surface area (Å²) in [4.78, 5) is 91.0. The van der Waals surface area contributed by atoms with Gasteiger partial charge in [-0.15, -0.1) is 0 Å². The molecule has 0 heterocycles. The maximum atomic E-state index is 12.2. The van der Waals surface area contributed by atoms with Crippen molar-refractivity contribution in [2.45, 2.75) is 269 Å². The Morgan fingerprint density at radius 3 is 0.644 bits per heavy atom. The number of quaternary nitrogens is 8. The largest absolute Gasteiger partial charge is 0.453 e. The molecule has 0 spiro atoms. The third-order valence-electron chi connectivity index (χ3n) is 24.6. The van der Waals surface area contributed by atoms with Gasteiger partial charge in [-0.3, -0.25) is 19.2 Å². The van der Waals surface area contributed by atoms with Gasteiger partial charge in [-0.2, -0.15) is 0 Å². The van der Waals surface area contributed by atoms with E-state index in [-0.39, 0.29) is 68.8 Å². The van der Waals surface area contributed by atoms with E-state index in [2.05, 4.69) is 167 Å². The van der Waals surface area contributed by atoms with Crippen molar-refractivity contribution in [1.29, 1.82) is 0 Å². The molecule has 0 radical (unpaired) electrons. The molecule has 0 aromatic heterocycles. The maximum absolute atomic E-state index is 12.2. The molecule has 4 rings (SSSR count). The highest BCUT2D eigenvalue weighted by atomic mass is 32.2. The fourth-order valence-corrected chi connectivity index (χ4v) is 19.8. The number of hydrogen-bond acceptors (Lipinski definition) is 16. The average Bonchev–Trinajstić information content (AvgIpc) is 0.857. The molecule has 760 valence electrons. The number of thioether (sulfide) groups is 4. The highest BCUT2D eigenvalue weighted by molar-refractivity contribution is 8.14. The molecular weight excluding hydrogens is 1730 g/mol. The number of esters is 4. The number of benzene rings is 4. The lowest BCUT2D eigenvalue weighted by atomic mass is 10.2. The fraction of sp³-hybridized carbons (Fsp3) is 0.704. The van der Waals surface area contributed by atoms with Crippen LogP contribution >= 0.6 is 47.0 Å². The quantitative estimate of drug-likeness (QED) is 0.0232. The summed E-state index contributed by atoms with van der Waals surface area (Å²) < 4.78 is 30.5. The van der Waals surface area contributed by atoms with Gasteiger partial charge in [0.05, 0.1) is 232 Å². The fourth-order valence-electron chi connectivity index (χ4n) is 16.6. The first-order chi connectivity index (χ1) is 62.3. The highest BCUT2D eigenvalue weighted by Crippen LogP contribution is 2.21. The minimum atomic E-state index is -0.249. The number of carbonyl (C=O) groups is 8. The topological polar surface area (TPSA) is 173 Å². The number of ether oxygens (including phenoxy) is 4. The van der Waals surface area contributed by atoms with E-state index in [4.69, 9.17) is 18.9 Å². The molecule has 0 N–H and O–H groups in total. The Kier molecular flexibility index (Phi) is 77.9. The van der Waals surface area contributed by atoms with Crippen LogP contribution in [0.5, 0.6) is 0 Å². The van der Waals surface area contributed by atoms with Gasteiger partial charge in [0.2, 0.25) is 0 Å². The summed E-state index contributed by atoms with van der Waals surface area (Å²) in [5.74, 6) is 2.94. The summed E-state index contributed by atoms with van der Waals surface area (Å²) in [6.45, 7) is 83.6. The Labute approximate surface area is 826 Å². The van der Waals surface area contributed by atoms with Crippen molar-refractivity contribution in [1.82, 2.24) is 0 Å². The summed E-state index contributed by atoms with van der Waals surface area (Å²) in [6, 6.07) is 36.7. The van der Waals surface area contributed by atoms with E-state index in [9.17, 15) is 38.4 Å². The molecule has 0 aliphatic carbocycles. The maximum Gasteiger partial charge on any atom is 0.338 e. The molecule has 0 aliphatic rings. The smallest absolute Gasteiger partial charge is 0.338 e. The number of hydrogen-bond donors (Lipinski definition) is 0. The summed E-state index contributed by atoms with van der Waals surface area (Å²) in [7, 11) is 12.6. The zero-order valence-corrected chi connectivity index (χ0v) is 93.5. The van der Waals surface area contributed by atoms with Gasteiger partial charge in [0.25, 0.3) is 0 Å². The molecule has 0 amide bonds. The normalized spacial score (nSPS) is 13.2. The van der Waals surface area contributed by atoms with Crippen molar-refractivity contribution in [2.75, 3.05) is 235 Å². The first-order valence-corrected chi connectivity index (χ1v) is 54.5. The average molecular weight is 1930 g/mol. The van der Waals surface area contributed by atoms with Gasteiger partial charge in [-0.25, -0.2) is 19.2 Å². The van der Waals surface area contributed by atoms with Crippen LogP contribution in [0, 0.1) is 0 Å². The Morgan fingerprint density at radius 2 is 0.432 bits per heavy atom. The first kappa shape index (κ1) is 133. The molecule has 0 fully saturated rings. The van der Waals surface area contributed by atoms with Gasteiger partial charge in [-0.05, 0) is 197 Å². The van der Waals surface area contributed by atoms with Crippen LogP contribution in [0.3, 0.4) is 0 Å². The number of rotatable bonds is 56. The SMILES string of the molecule is CC(=O)SCC[N+](C)(C)C.CC(C[N+](C)(C)C)OC(=O)c1ccccc1.CCCC[N+](CC)(CCC)CC(C)OC(=O)c1ccccc1.CCCC[N+](CC)(CCC)CCSC(C)=O.CCC[N+](CC)(CCC)CC(C)OC(=O)c1ccccc1.CCC[N+](CC)(CCC)CCSC(C)=O.CC[N+](CC)(CC)CC(C)OC(=O)c1ccccc1.CC[N+](CC)(CC)CCSC(C)=O. The number of unbranched alkanes of at least 4 members (excludes halogenated alkanes) is 2. The molecule has 4 aromatic rings. The van der Waals surface area contributed by atoms with Crippen LogP contribution in [0.25, 0.3) is 0 Å². The van der Waals surface area contributed by atoms with Crippen molar-refractivity contribution in [2.24, 2.45) is 0 Å². The standard InChI is InChI=1S/C19H32NO2.C18H30NO2.C16H26NO2.C13H20NO2.C13H28NOS.C12H26NOS.C10H22NOS.C7H16NOS/c1-5-8-15-20(7-3,14-6-2)16-17(4)22-19(21)18-12-10-9-11-13-18;1-5-13-19(7-3,14-6-2)15-16(4)21-18(20)17-11-9-8-10-12-17;1-5-17(6-2,7-3)13-14(4)19-16(18)15-11-9-8-10-12-15;1-11(10-14(2,3)4)16-13(15)12-8-6-5-7-9-12;1-5-8-10-14(7-3,9-6-2)11-12-16-13(4)15;1-5-8-13(7-3,9-6-2)10-11-15-12(4)14;1-5-11(6-2,7-3)8-9-13-10(4)12;1-7(9)10-6-5-8(2,3)4/h9-13,17H,5-8,14-16H2,1-4H3;8-12,16H,5-7,13-15H2,1-4H3;8-12,14H,5-7,13H2,1-4H3;5-9,11H,10H2,1-4H3;5-12H2,1-4H3;5-11H2,1-4H3;5-9H2,1-4H3;5-6H2,1-4H3/q8*+1. The lowest BCUT2D eigenvalue weighted by molar-refractivity contribution is -0.929. The van der Waals surface area contributed by atoms with E-state index in [0.717, 1.165) is 174 Å². The summed E-state index contributed by atoms with van der Waals surface area (Å²) in [5.41, 5.74) is 2.49. The Bertz CT molecular complexity index is 3540. The van der Waals surface area contributed by atoms with Gasteiger partial charge in [0, 0.05) is 27.7 Å². The first-order valence-electron chi connectivity index (χ1n) is 50.6. The molecule has 24 heteroatoms. The molecule has 0 saturated heterocycles. The zero-order chi connectivity index (χ0) is 101. The van der Waals surface area contributed by atoms with E-state index >= 15 is 0 Å². The van der Waals surface area contributed by atoms with Crippen LogP contribution in [0.2, 0.25) is 0 Å². The minimum Gasteiger partial charge on any atom is -0.453 e. The van der Waals surface area contributed by atoms with Gasteiger partial charge in [0.1, 0.15) is 50.6 Å². The van der Waals surface area contributed by atoms with Crippen LogP contribution < -0.4 is 0 Å². The van der Waals surface area contributed by atoms with Crippen molar-refractivity contribution in [3.63, 3.8) is 0 Å². The molecule has 0 saturated carbocycles. The summed E-state index contributed by atoms with van der Waals surface area (Å²) >= 11 is 5.80. The van der Waals surface area contributed by atoms with Gasteiger partial charge < -0.3 is 54.8 Å². The second kappa shape index (κ2) is 77.5. The third-order valence-corrected chi connectivity index (χ3v) is 27.7. The van der Waals surface area contributed by atoms with Crippen molar-refractivity contribution in [3.05, 3.63) is 144 Å². The van der Waals surface area contributed by atoms with E-state index in [1.165, 1.54) is 166 Å². The van der Waals surface area contributed by atoms with Crippen molar-refractivity contribution < 1.29 is 93.2 Å². The van der Waals surface area contributed by atoms with E-state index in [1.807, 2.05) is 100 Å². The Balaban J connectivity index is -0.000000716. The Hall–Kier alpha value is -5.48. The molecule has 20 nitrogen and oxygen atoms in total. The predicted molar refractivity (Wildman–Crippen MR) is 570 cm³/mol. The lowest BCUT2D eigenvalue weighted by Gasteiger charge is -2.39. The summed E-state index contributed by atoms with van der Waals surface area (Å²) in [5, 5.41) is 0.952. The second-order valence-corrected chi connectivity index (χ2v) is 42.7. The summed E-state index contributed by atoms with van der Waals surface area (Å²) in [6.07, 6.45) is 11.9. The third kappa shape index (κ3) is 65.3. The van der Waals surface area contributed by atoms with Crippen LogP contribution in [0.1, 0.15) is 286 Å². The van der Waals surface area contributed by atoms with E-state index in [0.29, 0.717) is 22.3 Å². The van der Waals surface area contributed by atoms with E-state index in [1.54, 1.807) is 76.2 Å². The highest BCUT2D eigenvalue weighted by Gasteiger charge is 2.32. The van der Waals surface area contributed by atoms with Crippen LogP contribution in [-0.4, -0.2) is 340 Å². The molecule has 6 atom stereocenters. The minimum absolute atomic E-state index is 0.0592. The zero-order valence-electron chi connectivity index (χ0n) is 90.3. The Morgan fingerprint density at radius 1 is 0.235 bits per heavy atom. The van der Waals surface area contributed by atoms with Crippen LogP contribution in [0.4, 0.5) is 0 Å². The number of nitrogens with zero attached hydrogens (tertiary/aromatic N) is 8. The van der Waals surface area contributed by atoms with Crippen molar-refractivity contribution in [3.8, 4) is 0 Å². The molecular formula is C108H200N8O12S4+8. The molecule has 132 heavy (non-hydrogen) atoms. The van der Waals surface area contributed by atoms with Gasteiger partial charge >= 0.3 is 23.9 Å². The molecule has 6 unspecified atom stereocenters. The molecule has 0 bridgehead atoms.